The van der Waals surface area contributed by atoms with Gasteiger partial charge in [0.15, 0.2) is 0 Å². The van der Waals surface area contributed by atoms with Crippen molar-refractivity contribution in [3.63, 3.8) is 0 Å². The van der Waals surface area contributed by atoms with Gasteiger partial charge in [-0.1, -0.05) is 12.1 Å². The largest absolute Gasteiger partial charge is 0.480 e. The van der Waals surface area contributed by atoms with E-state index in [0.29, 0.717) is 5.69 Å². The number of carbonyl (C=O) groups is 2. The third-order valence-electron chi connectivity index (χ3n) is 4.29. The lowest BCUT2D eigenvalue weighted by molar-refractivity contribution is -0.156. The summed E-state index contributed by atoms with van der Waals surface area (Å²) in [7, 11) is 1.55. The first-order chi connectivity index (χ1) is 9.21. The van der Waals surface area contributed by atoms with Crippen LogP contribution < -0.4 is 5.73 Å². The standard InChI is InChI=1S/C15H20N2O3/c1-14(2,13(19)20)17(3)12(18)15(8-9-15)10-4-6-11(16)7-5-10/h4-7H,8-9,16H2,1-3H3,(H,19,20). The number of anilines is 1. The van der Waals surface area contributed by atoms with Gasteiger partial charge in [-0.15, -0.1) is 0 Å². The number of carbonyl (C=O) groups excluding carboxylic acids is 1. The Morgan fingerprint density at radius 2 is 1.75 bits per heavy atom. The van der Waals surface area contributed by atoms with Gasteiger partial charge in [-0.25, -0.2) is 4.79 Å². The zero-order valence-corrected chi connectivity index (χ0v) is 12.0. The van der Waals surface area contributed by atoms with E-state index in [9.17, 15) is 14.7 Å². The average molecular weight is 276 g/mol. The number of rotatable bonds is 4. The molecule has 0 atom stereocenters. The predicted molar refractivity (Wildman–Crippen MR) is 76.3 cm³/mol. The number of benzene rings is 1. The summed E-state index contributed by atoms with van der Waals surface area (Å²) in [4.78, 5) is 25.3. The maximum absolute atomic E-state index is 12.7. The summed E-state index contributed by atoms with van der Waals surface area (Å²) in [5.41, 5.74) is 5.42. The zero-order chi connectivity index (χ0) is 15.1. The van der Waals surface area contributed by atoms with E-state index in [1.165, 1.54) is 18.7 Å². The summed E-state index contributed by atoms with van der Waals surface area (Å²) in [6.45, 7) is 3.07. The molecule has 0 aromatic heterocycles. The smallest absolute Gasteiger partial charge is 0.329 e. The van der Waals surface area contributed by atoms with E-state index in [-0.39, 0.29) is 5.91 Å². The Labute approximate surface area is 118 Å². The van der Waals surface area contributed by atoms with Crippen LogP contribution in [0.4, 0.5) is 5.69 Å². The van der Waals surface area contributed by atoms with Gasteiger partial charge >= 0.3 is 5.97 Å². The van der Waals surface area contributed by atoms with Gasteiger partial charge < -0.3 is 15.7 Å². The van der Waals surface area contributed by atoms with Crippen molar-refractivity contribution in [1.29, 1.82) is 0 Å². The zero-order valence-electron chi connectivity index (χ0n) is 12.0. The predicted octanol–water partition coefficient (Wildman–Crippen LogP) is 1.62. The number of hydrogen-bond acceptors (Lipinski definition) is 3. The monoisotopic (exact) mass is 276 g/mol. The number of nitrogens with zero attached hydrogens (tertiary/aromatic N) is 1. The first kappa shape index (κ1) is 14.4. The first-order valence-electron chi connectivity index (χ1n) is 6.59. The Bertz CT molecular complexity index is 545. The number of nitrogen functional groups attached to an aromatic ring is 1. The molecule has 3 N–H and O–H groups in total. The van der Waals surface area contributed by atoms with Crippen LogP contribution in [-0.2, 0) is 15.0 Å². The fourth-order valence-corrected chi connectivity index (χ4v) is 2.27. The van der Waals surface area contributed by atoms with Crippen molar-refractivity contribution in [3.05, 3.63) is 29.8 Å². The summed E-state index contributed by atoms with van der Waals surface area (Å²) >= 11 is 0. The number of hydrogen-bond donors (Lipinski definition) is 2. The molecular weight excluding hydrogens is 256 g/mol. The molecule has 0 heterocycles. The molecule has 0 radical (unpaired) electrons. The highest BCUT2D eigenvalue weighted by molar-refractivity contribution is 5.95. The van der Waals surface area contributed by atoms with Crippen molar-refractivity contribution in [2.75, 3.05) is 12.8 Å². The topological polar surface area (TPSA) is 83.6 Å². The second-order valence-electron chi connectivity index (χ2n) is 5.93. The Balaban J connectivity index is 2.29. The number of carboxylic acids is 1. The third kappa shape index (κ3) is 2.13. The fraction of sp³-hybridized carbons (Fsp3) is 0.467. The summed E-state index contributed by atoms with van der Waals surface area (Å²) in [5.74, 6) is -1.16. The number of carboxylic acid groups (broad SMARTS) is 1. The quantitative estimate of drug-likeness (QED) is 0.819. The van der Waals surface area contributed by atoms with Gasteiger partial charge in [0.2, 0.25) is 5.91 Å². The minimum Gasteiger partial charge on any atom is -0.480 e. The van der Waals surface area contributed by atoms with Gasteiger partial charge in [-0.05, 0) is 44.4 Å². The van der Waals surface area contributed by atoms with Gasteiger partial charge in [-0.3, -0.25) is 4.79 Å². The summed E-state index contributed by atoms with van der Waals surface area (Å²) in [5, 5.41) is 9.24. The molecule has 0 aliphatic heterocycles. The molecule has 1 amide bonds. The highest BCUT2D eigenvalue weighted by Gasteiger charge is 2.55. The molecule has 2 rings (SSSR count). The number of aliphatic carboxylic acids is 1. The Hall–Kier alpha value is -2.04. The lowest BCUT2D eigenvalue weighted by Gasteiger charge is -2.34. The molecule has 108 valence electrons. The molecule has 0 bridgehead atoms. The molecule has 5 heteroatoms. The summed E-state index contributed by atoms with van der Waals surface area (Å²) < 4.78 is 0. The number of nitrogens with two attached hydrogens (primary N) is 1. The highest BCUT2D eigenvalue weighted by atomic mass is 16.4. The van der Waals surface area contributed by atoms with Crippen molar-refractivity contribution in [2.45, 2.75) is 37.6 Å². The van der Waals surface area contributed by atoms with Gasteiger partial charge in [0, 0.05) is 12.7 Å². The van der Waals surface area contributed by atoms with E-state index in [1.807, 2.05) is 12.1 Å². The van der Waals surface area contributed by atoms with Crippen LogP contribution in [0.25, 0.3) is 0 Å². The van der Waals surface area contributed by atoms with Crippen molar-refractivity contribution >= 4 is 17.6 Å². The Morgan fingerprint density at radius 3 is 2.15 bits per heavy atom. The highest BCUT2D eigenvalue weighted by Crippen LogP contribution is 2.50. The molecule has 1 aliphatic carbocycles. The van der Waals surface area contributed by atoms with Crippen LogP contribution in [0, 0.1) is 0 Å². The molecule has 5 nitrogen and oxygen atoms in total. The number of likely N-dealkylation sites (N-methyl/N-ethyl adjacent to an activating group) is 1. The fourth-order valence-electron chi connectivity index (χ4n) is 2.27. The molecule has 0 saturated heterocycles. The van der Waals surface area contributed by atoms with Gasteiger partial charge in [-0.2, -0.15) is 0 Å². The van der Waals surface area contributed by atoms with Crippen molar-refractivity contribution in [2.24, 2.45) is 0 Å². The van der Waals surface area contributed by atoms with Crippen LogP contribution in [0.3, 0.4) is 0 Å². The minimum absolute atomic E-state index is 0.144. The van der Waals surface area contributed by atoms with E-state index >= 15 is 0 Å². The Morgan fingerprint density at radius 1 is 1.25 bits per heavy atom. The van der Waals surface area contributed by atoms with Gasteiger partial charge in [0.1, 0.15) is 5.54 Å². The average Bonchev–Trinajstić information content (AvgIpc) is 3.19. The van der Waals surface area contributed by atoms with Crippen molar-refractivity contribution in [1.82, 2.24) is 4.90 Å². The third-order valence-corrected chi connectivity index (χ3v) is 4.29. The molecule has 0 unspecified atom stereocenters. The van der Waals surface area contributed by atoms with Crippen LogP contribution in [-0.4, -0.2) is 34.5 Å². The molecule has 0 spiro atoms. The van der Waals surface area contributed by atoms with E-state index < -0.39 is 16.9 Å². The lowest BCUT2D eigenvalue weighted by atomic mass is 9.92. The van der Waals surface area contributed by atoms with Crippen molar-refractivity contribution < 1.29 is 14.7 Å². The molecule has 1 aromatic carbocycles. The van der Waals surface area contributed by atoms with Crippen LogP contribution >= 0.6 is 0 Å². The van der Waals surface area contributed by atoms with E-state index in [4.69, 9.17) is 5.73 Å². The van der Waals surface area contributed by atoms with Crippen LogP contribution in [0.1, 0.15) is 32.3 Å². The second-order valence-corrected chi connectivity index (χ2v) is 5.93. The van der Waals surface area contributed by atoms with E-state index in [1.54, 1.807) is 19.2 Å². The molecular formula is C15H20N2O3. The normalized spacial score (nSPS) is 16.6. The minimum atomic E-state index is -1.22. The molecule has 1 saturated carbocycles. The second kappa shape index (κ2) is 4.51. The maximum Gasteiger partial charge on any atom is 0.329 e. The molecule has 20 heavy (non-hydrogen) atoms. The first-order valence-corrected chi connectivity index (χ1v) is 6.59. The molecule has 1 aromatic rings. The van der Waals surface area contributed by atoms with Crippen LogP contribution in [0.2, 0.25) is 0 Å². The van der Waals surface area contributed by atoms with Gasteiger partial charge in [0.25, 0.3) is 0 Å². The SMILES string of the molecule is CN(C(=O)C1(c2ccc(N)cc2)CC1)C(C)(C)C(=O)O. The lowest BCUT2D eigenvalue weighted by Crippen LogP contribution is -2.53. The Kier molecular flexibility index (Phi) is 3.24. The van der Waals surface area contributed by atoms with E-state index in [2.05, 4.69) is 0 Å². The number of amides is 1. The molecule has 1 fully saturated rings. The van der Waals surface area contributed by atoms with Crippen molar-refractivity contribution in [3.8, 4) is 0 Å². The van der Waals surface area contributed by atoms with E-state index in [0.717, 1.165) is 18.4 Å². The summed E-state index contributed by atoms with van der Waals surface area (Å²) in [6, 6.07) is 7.24. The van der Waals surface area contributed by atoms with Crippen LogP contribution in [0.5, 0.6) is 0 Å². The van der Waals surface area contributed by atoms with Crippen LogP contribution in [0.15, 0.2) is 24.3 Å². The maximum atomic E-state index is 12.7. The molecule has 1 aliphatic rings. The van der Waals surface area contributed by atoms with Gasteiger partial charge in [0.05, 0.1) is 5.41 Å². The summed E-state index contributed by atoms with van der Waals surface area (Å²) in [6.07, 6.45) is 1.49.